The lowest BCUT2D eigenvalue weighted by Crippen LogP contribution is -2.41. The minimum atomic E-state index is -5.08. The van der Waals surface area contributed by atoms with Gasteiger partial charge in [0.1, 0.15) is 0 Å². The Kier molecular flexibility index (Phi) is 4.20. The minimum Gasteiger partial charge on any atom is -0.241 e. The predicted molar refractivity (Wildman–Crippen MR) is 35.4 cm³/mol. The Balaban J connectivity index is 4.43. The van der Waals surface area contributed by atoms with Crippen LogP contribution in [-0.2, 0) is 0 Å². The third-order valence-electron chi connectivity index (χ3n) is 1.50. The number of halogens is 7. The normalized spacial score (nSPS) is 18.0. The van der Waals surface area contributed by atoms with E-state index in [4.69, 9.17) is 0 Å². The molecule has 7 heteroatoms. The van der Waals surface area contributed by atoms with E-state index in [1.54, 1.807) is 0 Å². The first kappa shape index (κ1) is 13.5. The molecule has 0 aliphatic carbocycles. The van der Waals surface area contributed by atoms with Gasteiger partial charge in [0.05, 0.1) is 6.42 Å². The summed E-state index contributed by atoms with van der Waals surface area (Å²) in [6.07, 6.45) is -15.0. The van der Waals surface area contributed by atoms with Crippen LogP contribution in [0.1, 0.15) is 12.8 Å². The van der Waals surface area contributed by atoms with Crippen molar-refractivity contribution >= 4 is 0 Å². The number of hydrogen-bond donors (Lipinski definition) is 0. The molecular weight excluding hydrogens is 217 g/mol. The quantitative estimate of drug-likeness (QED) is 0.642. The third kappa shape index (κ3) is 3.71. The van der Waals surface area contributed by atoms with Gasteiger partial charge in [0.25, 0.3) is 0 Å². The summed E-state index contributed by atoms with van der Waals surface area (Å²) in [6, 6.07) is 0. The summed E-state index contributed by atoms with van der Waals surface area (Å²) in [7, 11) is 0. The van der Waals surface area contributed by atoms with Gasteiger partial charge < -0.3 is 0 Å². The Hall–Kier alpha value is -0.490. The Morgan fingerprint density at radius 2 is 1.36 bits per heavy atom. The second kappa shape index (κ2) is 4.35. The highest BCUT2D eigenvalue weighted by Crippen LogP contribution is 2.36. The van der Waals surface area contributed by atoms with Crippen molar-refractivity contribution in [3.8, 4) is 0 Å². The molecule has 0 aromatic carbocycles. The maximum absolute atomic E-state index is 12.5. The molecule has 0 saturated heterocycles. The van der Waals surface area contributed by atoms with Crippen LogP contribution in [0.25, 0.3) is 0 Å². The average Bonchev–Trinajstić information content (AvgIpc) is 1.99. The van der Waals surface area contributed by atoms with E-state index in [2.05, 4.69) is 6.92 Å². The van der Waals surface area contributed by atoms with E-state index >= 15 is 0 Å². The number of alkyl halides is 7. The molecular formula is C7H8F7. The molecule has 0 aromatic rings. The van der Waals surface area contributed by atoms with Crippen LogP contribution in [0, 0.1) is 6.92 Å². The van der Waals surface area contributed by atoms with E-state index < -0.39 is 37.3 Å². The van der Waals surface area contributed by atoms with Crippen molar-refractivity contribution in [1.82, 2.24) is 0 Å². The fourth-order valence-corrected chi connectivity index (χ4v) is 0.728. The van der Waals surface area contributed by atoms with Crippen molar-refractivity contribution in [1.29, 1.82) is 0 Å². The van der Waals surface area contributed by atoms with Crippen LogP contribution in [0.3, 0.4) is 0 Å². The van der Waals surface area contributed by atoms with Crippen LogP contribution >= 0.6 is 0 Å². The van der Waals surface area contributed by atoms with Crippen LogP contribution in [0.15, 0.2) is 0 Å². The second-order valence-corrected chi connectivity index (χ2v) is 2.72. The molecule has 0 amide bonds. The molecule has 0 aliphatic rings. The molecule has 2 atom stereocenters. The molecule has 0 heterocycles. The highest BCUT2D eigenvalue weighted by Gasteiger charge is 2.51. The first-order valence-corrected chi connectivity index (χ1v) is 3.63. The zero-order valence-corrected chi connectivity index (χ0v) is 6.92. The van der Waals surface area contributed by atoms with E-state index in [1.807, 2.05) is 0 Å². The van der Waals surface area contributed by atoms with Gasteiger partial charge in [-0.15, -0.1) is 0 Å². The second-order valence-electron chi connectivity index (χ2n) is 2.72. The van der Waals surface area contributed by atoms with Crippen LogP contribution in [0.2, 0.25) is 0 Å². The van der Waals surface area contributed by atoms with Crippen molar-refractivity contribution < 1.29 is 30.7 Å². The molecule has 0 spiro atoms. The Morgan fingerprint density at radius 3 is 1.64 bits per heavy atom. The fourth-order valence-electron chi connectivity index (χ4n) is 0.728. The van der Waals surface area contributed by atoms with E-state index in [1.165, 1.54) is 0 Å². The largest absolute Gasteiger partial charge is 0.392 e. The first-order chi connectivity index (χ1) is 6.11. The highest BCUT2D eigenvalue weighted by atomic mass is 19.4. The summed E-state index contributed by atoms with van der Waals surface area (Å²) in [6.45, 7) is 2.73. The lowest BCUT2D eigenvalue weighted by atomic mass is 10.0. The van der Waals surface area contributed by atoms with E-state index in [0.717, 1.165) is 0 Å². The van der Waals surface area contributed by atoms with E-state index in [-0.39, 0.29) is 0 Å². The van der Waals surface area contributed by atoms with Crippen molar-refractivity contribution in [3.63, 3.8) is 0 Å². The molecule has 0 rings (SSSR count). The summed E-state index contributed by atoms with van der Waals surface area (Å²) in [5.41, 5.74) is 0. The molecule has 1 unspecified atom stereocenters. The van der Waals surface area contributed by atoms with Crippen LogP contribution in [0.4, 0.5) is 30.7 Å². The number of rotatable bonds is 4. The van der Waals surface area contributed by atoms with Crippen molar-refractivity contribution in [2.45, 2.75) is 37.3 Å². The molecule has 0 nitrogen and oxygen atoms in total. The summed E-state index contributed by atoms with van der Waals surface area (Å²) < 4.78 is 84.1. The summed E-state index contributed by atoms with van der Waals surface area (Å²) >= 11 is 0. The predicted octanol–water partition coefficient (Wildman–Crippen LogP) is 3.47. The minimum absolute atomic E-state index is 0.981. The maximum atomic E-state index is 12.5. The van der Waals surface area contributed by atoms with Gasteiger partial charge in [-0.3, -0.25) is 0 Å². The zero-order chi connectivity index (χ0) is 11.6. The van der Waals surface area contributed by atoms with Gasteiger partial charge in [-0.1, -0.05) is 6.92 Å². The Bertz CT molecular complexity index is 173. The molecule has 0 aromatic heterocycles. The maximum Gasteiger partial charge on any atom is 0.392 e. The van der Waals surface area contributed by atoms with Gasteiger partial charge in [0.15, 0.2) is 12.3 Å². The molecule has 14 heavy (non-hydrogen) atoms. The zero-order valence-electron chi connectivity index (χ0n) is 6.92. The van der Waals surface area contributed by atoms with Gasteiger partial charge in [-0.05, 0) is 6.42 Å². The molecule has 0 saturated carbocycles. The van der Waals surface area contributed by atoms with Crippen molar-refractivity contribution in [2.75, 3.05) is 0 Å². The molecule has 1 radical (unpaired) electrons. The molecule has 0 aliphatic heterocycles. The molecule has 0 bridgehead atoms. The lowest BCUT2D eigenvalue weighted by molar-refractivity contribution is -0.192. The Morgan fingerprint density at radius 1 is 0.929 bits per heavy atom. The topological polar surface area (TPSA) is 0 Å². The van der Waals surface area contributed by atoms with Gasteiger partial charge in [-0.2, -0.15) is 13.2 Å². The summed E-state index contributed by atoms with van der Waals surface area (Å²) in [5.74, 6) is -4.64. The van der Waals surface area contributed by atoms with Crippen molar-refractivity contribution in [3.05, 3.63) is 6.92 Å². The Labute approximate surface area is 76.1 Å². The molecule has 0 fully saturated rings. The third-order valence-corrected chi connectivity index (χ3v) is 1.50. The summed E-state index contributed by atoms with van der Waals surface area (Å²) in [5, 5.41) is 0. The molecule has 0 N–H and O–H groups in total. The van der Waals surface area contributed by atoms with Crippen LogP contribution < -0.4 is 0 Å². The van der Waals surface area contributed by atoms with Gasteiger partial charge >= 0.3 is 12.1 Å². The van der Waals surface area contributed by atoms with E-state index in [0.29, 0.717) is 0 Å². The van der Waals surface area contributed by atoms with Gasteiger partial charge in [0.2, 0.25) is 0 Å². The molecule has 85 valence electrons. The average molecular weight is 225 g/mol. The van der Waals surface area contributed by atoms with Crippen molar-refractivity contribution in [2.24, 2.45) is 0 Å². The fraction of sp³-hybridized carbons (Fsp3) is 0.857. The first-order valence-electron chi connectivity index (χ1n) is 3.63. The SMILES string of the molecule is [CH2]CC(F)C(F)(F)[C@@H](F)CC(F)(F)F. The summed E-state index contributed by atoms with van der Waals surface area (Å²) in [4.78, 5) is 0. The van der Waals surface area contributed by atoms with Crippen LogP contribution in [0.5, 0.6) is 0 Å². The standard InChI is InChI=1S/C7H8F7/c1-2-4(8)7(13,14)5(9)3-6(10,11)12/h4-5H,1-3H2/t4?,5-/m0/s1. The van der Waals surface area contributed by atoms with Gasteiger partial charge in [-0.25, -0.2) is 17.6 Å². The highest BCUT2D eigenvalue weighted by molar-refractivity contribution is 4.86. The van der Waals surface area contributed by atoms with Crippen LogP contribution in [-0.4, -0.2) is 24.4 Å². The monoisotopic (exact) mass is 225 g/mol. The lowest BCUT2D eigenvalue weighted by Gasteiger charge is -2.24. The van der Waals surface area contributed by atoms with Gasteiger partial charge in [0, 0.05) is 0 Å². The number of hydrogen-bond acceptors (Lipinski definition) is 0. The van der Waals surface area contributed by atoms with E-state index in [9.17, 15) is 30.7 Å². The smallest absolute Gasteiger partial charge is 0.241 e.